The Bertz CT molecular complexity index is 1080. The van der Waals surface area contributed by atoms with E-state index in [1.165, 1.54) is 0 Å². The van der Waals surface area contributed by atoms with Crippen LogP contribution in [0.2, 0.25) is 5.02 Å². The first-order valence-electron chi connectivity index (χ1n) is 12.4. The number of hydrogen-bond donors (Lipinski definition) is 0. The summed E-state index contributed by atoms with van der Waals surface area (Å²) in [4.78, 5) is 28.9. The van der Waals surface area contributed by atoms with Gasteiger partial charge in [-0.05, 0) is 43.9 Å². The molecule has 2 unspecified atom stereocenters. The fraction of sp³-hybridized carbons (Fsp3) is 0.500. The molecule has 0 saturated carbocycles. The molecule has 1 aromatic rings. The van der Waals surface area contributed by atoms with E-state index >= 15 is 0 Å². The Hall–Kier alpha value is -2.77. The van der Waals surface area contributed by atoms with Crippen molar-refractivity contribution in [2.45, 2.75) is 63.4 Å². The van der Waals surface area contributed by atoms with Crippen LogP contribution in [0, 0.1) is 5.92 Å². The first-order chi connectivity index (χ1) is 17.2. The number of allylic oxidation sites excluding steroid dienone is 3. The number of ether oxygens (including phenoxy) is 3. The molecule has 0 aliphatic carbocycles. The number of epoxide rings is 1. The number of rotatable bonds is 2. The van der Waals surface area contributed by atoms with E-state index in [-0.39, 0.29) is 42.3 Å². The zero-order valence-electron chi connectivity index (χ0n) is 21.4. The molecule has 0 radical (unpaired) electrons. The number of benzene rings is 1. The summed E-state index contributed by atoms with van der Waals surface area (Å²) in [6.07, 6.45) is 10.2. The minimum atomic E-state index is -0.326. The standard InChI is InChI=1S/C28H35ClN2O5/c1-6-20-23-16-19(30(3)28(33)36-23)10-8-7-9-17(2)13-18-14-21(26(29)24(15-18)34-5)31(4)25(32)12-11-22-27(20)35-22/h6-9,14-15,19-20,22-23,27H,1,10-13,16H2,2-5H3/b8-7+,17-9+/t19?,20-,22?,23+,27+/m1/s1. The number of carbonyl (C=O) groups excluding carboxylic acids is 2. The van der Waals surface area contributed by atoms with Crippen LogP contribution in [0.25, 0.3) is 0 Å². The second kappa shape index (κ2) is 11.1. The topological polar surface area (TPSA) is 71.6 Å². The molecule has 3 aliphatic heterocycles. The molecule has 8 heteroatoms. The molecule has 7 nitrogen and oxygen atoms in total. The van der Waals surface area contributed by atoms with Crippen LogP contribution in [-0.4, -0.2) is 62.5 Å². The molecule has 0 spiro atoms. The lowest BCUT2D eigenvalue weighted by atomic mass is 9.89. The summed E-state index contributed by atoms with van der Waals surface area (Å²) in [5.74, 6) is 0.364. The number of halogens is 1. The fourth-order valence-corrected chi connectivity index (χ4v) is 5.41. The summed E-state index contributed by atoms with van der Waals surface area (Å²) >= 11 is 6.59. The van der Waals surface area contributed by atoms with Gasteiger partial charge < -0.3 is 24.0 Å². The summed E-state index contributed by atoms with van der Waals surface area (Å²) in [5, 5.41) is 0.412. The van der Waals surface area contributed by atoms with Crippen LogP contribution in [-0.2, 0) is 20.7 Å². The quantitative estimate of drug-likeness (QED) is 0.394. The lowest BCUT2D eigenvalue weighted by Crippen LogP contribution is -2.49. The highest BCUT2D eigenvalue weighted by Crippen LogP contribution is 2.40. The summed E-state index contributed by atoms with van der Waals surface area (Å²) in [5.41, 5.74) is 2.77. The van der Waals surface area contributed by atoms with Crippen LogP contribution in [0.5, 0.6) is 5.75 Å². The number of hydrogen-bond acceptors (Lipinski definition) is 5. The van der Waals surface area contributed by atoms with E-state index in [1.54, 1.807) is 31.0 Å². The zero-order valence-corrected chi connectivity index (χ0v) is 22.2. The third-order valence-corrected chi connectivity index (χ3v) is 7.76. The molecule has 2 saturated heterocycles. The molecule has 4 rings (SSSR count). The Balaban J connectivity index is 1.64. The predicted molar refractivity (Wildman–Crippen MR) is 141 cm³/mol. The number of carbonyl (C=O) groups is 2. The van der Waals surface area contributed by atoms with Crippen molar-refractivity contribution in [2.24, 2.45) is 5.92 Å². The van der Waals surface area contributed by atoms with Crippen LogP contribution in [0.1, 0.15) is 38.2 Å². The molecule has 0 N–H and O–H groups in total. The van der Waals surface area contributed by atoms with Crippen LogP contribution >= 0.6 is 11.6 Å². The second-order valence-electron chi connectivity index (χ2n) is 9.85. The van der Waals surface area contributed by atoms with Gasteiger partial charge in [0.2, 0.25) is 5.91 Å². The predicted octanol–water partition coefficient (Wildman–Crippen LogP) is 5.32. The Morgan fingerprint density at radius 1 is 1.22 bits per heavy atom. The number of methoxy groups -OCH3 is 1. The van der Waals surface area contributed by atoms with E-state index in [9.17, 15) is 9.59 Å². The average molecular weight is 515 g/mol. The van der Waals surface area contributed by atoms with Gasteiger partial charge in [-0.1, -0.05) is 41.5 Å². The average Bonchev–Trinajstić information content (AvgIpc) is 3.62. The third kappa shape index (κ3) is 5.62. The molecule has 2 fully saturated rings. The van der Waals surface area contributed by atoms with E-state index < -0.39 is 0 Å². The smallest absolute Gasteiger partial charge is 0.410 e. The fourth-order valence-electron chi connectivity index (χ4n) is 5.10. The van der Waals surface area contributed by atoms with Gasteiger partial charge in [0, 0.05) is 38.9 Å². The highest BCUT2D eigenvalue weighted by molar-refractivity contribution is 6.35. The van der Waals surface area contributed by atoms with E-state index in [0.717, 1.165) is 17.6 Å². The number of nitrogens with zero attached hydrogens (tertiary/aromatic N) is 2. The highest BCUT2D eigenvalue weighted by atomic mass is 35.5. The van der Waals surface area contributed by atoms with Gasteiger partial charge in [-0.25, -0.2) is 4.79 Å². The van der Waals surface area contributed by atoms with Crippen molar-refractivity contribution >= 4 is 29.3 Å². The maximum atomic E-state index is 13.1. The minimum Gasteiger partial charge on any atom is -0.495 e. The molecular weight excluding hydrogens is 480 g/mol. The molecule has 4 bridgehead atoms. The Morgan fingerprint density at radius 2 is 2.00 bits per heavy atom. The first-order valence-corrected chi connectivity index (χ1v) is 12.8. The van der Waals surface area contributed by atoms with Gasteiger partial charge in [0.25, 0.3) is 0 Å². The van der Waals surface area contributed by atoms with Crippen LogP contribution in [0.15, 0.2) is 48.6 Å². The van der Waals surface area contributed by atoms with Crippen molar-refractivity contribution in [2.75, 3.05) is 26.1 Å². The van der Waals surface area contributed by atoms with Gasteiger partial charge in [-0.3, -0.25) is 4.79 Å². The van der Waals surface area contributed by atoms with Crippen LogP contribution < -0.4 is 9.64 Å². The summed E-state index contributed by atoms with van der Waals surface area (Å²) in [6, 6.07) is 3.89. The van der Waals surface area contributed by atoms with E-state index in [4.69, 9.17) is 25.8 Å². The van der Waals surface area contributed by atoms with Gasteiger partial charge in [0.1, 0.15) is 16.9 Å². The van der Waals surface area contributed by atoms with E-state index in [2.05, 4.69) is 25.7 Å². The van der Waals surface area contributed by atoms with Gasteiger partial charge in [-0.2, -0.15) is 0 Å². The SMILES string of the molecule is C=C[C@@H]1[C@@H]2CC(C/C=C/C=C(\C)Cc3cc(OC)c(Cl)c(c3)N(C)C(=O)CCC3O[C@H]31)N(C)C(=O)O2. The van der Waals surface area contributed by atoms with E-state index in [0.29, 0.717) is 42.1 Å². The number of fused-ring (bicyclic) bond motifs is 5. The van der Waals surface area contributed by atoms with Gasteiger partial charge >= 0.3 is 6.09 Å². The highest BCUT2D eigenvalue weighted by Gasteiger charge is 2.49. The monoisotopic (exact) mass is 514 g/mol. The van der Waals surface area contributed by atoms with Crippen molar-refractivity contribution in [3.8, 4) is 5.75 Å². The molecule has 1 aromatic carbocycles. The Kier molecular flexibility index (Phi) is 8.10. The first kappa shape index (κ1) is 26.3. The summed E-state index contributed by atoms with van der Waals surface area (Å²) in [7, 11) is 5.09. The van der Waals surface area contributed by atoms with Crippen molar-refractivity contribution in [3.05, 3.63) is 59.2 Å². The van der Waals surface area contributed by atoms with E-state index in [1.807, 2.05) is 24.3 Å². The second-order valence-corrected chi connectivity index (χ2v) is 10.2. The van der Waals surface area contributed by atoms with Crippen LogP contribution in [0.4, 0.5) is 10.5 Å². The molecule has 0 aromatic heterocycles. The Labute approximate surface area is 218 Å². The third-order valence-electron chi connectivity index (χ3n) is 7.38. The van der Waals surface area contributed by atoms with Crippen molar-refractivity contribution in [1.82, 2.24) is 4.90 Å². The van der Waals surface area contributed by atoms with Crippen molar-refractivity contribution < 1.29 is 23.8 Å². The van der Waals surface area contributed by atoms with Crippen LogP contribution in [0.3, 0.4) is 0 Å². The number of anilines is 1. The molecular formula is C28H35ClN2O5. The Morgan fingerprint density at radius 3 is 2.72 bits per heavy atom. The summed E-state index contributed by atoms with van der Waals surface area (Å²) < 4.78 is 17.2. The lowest BCUT2D eigenvalue weighted by molar-refractivity contribution is -0.118. The number of amides is 2. The van der Waals surface area contributed by atoms with Crippen molar-refractivity contribution in [1.29, 1.82) is 0 Å². The lowest BCUT2D eigenvalue weighted by Gasteiger charge is -2.38. The maximum absolute atomic E-state index is 13.1. The normalized spacial score (nSPS) is 31.6. The molecule has 3 aliphatic rings. The van der Waals surface area contributed by atoms with Gasteiger partial charge in [0.15, 0.2) is 0 Å². The molecule has 36 heavy (non-hydrogen) atoms. The molecule has 2 amide bonds. The zero-order chi connectivity index (χ0) is 26.0. The minimum absolute atomic E-state index is 0.0289. The molecule has 5 atom stereocenters. The summed E-state index contributed by atoms with van der Waals surface area (Å²) in [6.45, 7) is 6.04. The maximum Gasteiger partial charge on any atom is 0.410 e. The molecule has 3 heterocycles. The largest absolute Gasteiger partial charge is 0.495 e. The molecule has 194 valence electrons. The van der Waals surface area contributed by atoms with Gasteiger partial charge in [-0.15, -0.1) is 6.58 Å². The van der Waals surface area contributed by atoms with Crippen molar-refractivity contribution in [3.63, 3.8) is 0 Å². The van der Waals surface area contributed by atoms with Gasteiger partial charge in [0.05, 0.1) is 25.0 Å².